The molecule has 0 unspecified atom stereocenters. The van der Waals surface area contributed by atoms with Crippen molar-refractivity contribution in [2.24, 2.45) is 11.3 Å². The van der Waals surface area contributed by atoms with Crippen molar-refractivity contribution in [2.45, 2.75) is 104 Å². The van der Waals surface area contributed by atoms with Crippen molar-refractivity contribution in [3.8, 4) is 0 Å². The van der Waals surface area contributed by atoms with Crippen LogP contribution in [0.15, 0.2) is 18.6 Å². The smallest absolute Gasteiger partial charge is 0.289 e. The molecule has 1 aromatic heterocycles. The summed E-state index contributed by atoms with van der Waals surface area (Å²) < 4.78 is 0. The number of carbonyl (C=O) groups excluding carboxylic acids is 6. The second-order valence-electron chi connectivity index (χ2n) is 12.4. The molecule has 1 aliphatic carbocycles. The minimum absolute atomic E-state index is 0.0104. The highest BCUT2D eigenvalue weighted by molar-refractivity contribution is 6.38. The lowest BCUT2D eigenvalue weighted by atomic mass is 9.85. The summed E-state index contributed by atoms with van der Waals surface area (Å²) in [4.78, 5) is 87.6. The van der Waals surface area contributed by atoms with E-state index in [4.69, 9.17) is 0 Å². The number of hydrogen-bond donors (Lipinski definition) is 4. The van der Waals surface area contributed by atoms with Crippen molar-refractivity contribution in [1.29, 1.82) is 0 Å². The third-order valence-corrected chi connectivity index (χ3v) is 7.70. The minimum atomic E-state index is -0.999. The van der Waals surface area contributed by atoms with Crippen LogP contribution in [-0.2, 0) is 24.0 Å². The molecule has 13 heteroatoms. The molecule has 2 heterocycles. The number of ketones is 1. The van der Waals surface area contributed by atoms with Crippen LogP contribution in [0.5, 0.6) is 0 Å². The van der Waals surface area contributed by atoms with Gasteiger partial charge < -0.3 is 26.2 Å². The average molecular weight is 600 g/mol. The maximum absolute atomic E-state index is 14.0. The van der Waals surface area contributed by atoms with Gasteiger partial charge in [0, 0.05) is 25.0 Å². The molecule has 3 rings (SSSR count). The first-order valence-corrected chi connectivity index (χ1v) is 15.2. The van der Waals surface area contributed by atoms with Crippen LogP contribution < -0.4 is 21.3 Å². The lowest BCUT2D eigenvalue weighted by Crippen LogP contribution is -2.60. The van der Waals surface area contributed by atoms with E-state index in [0.717, 1.165) is 19.3 Å². The summed E-state index contributed by atoms with van der Waals surface area (Å²) in [5, 5.41) is 10.7. The van der Waals surface area contributed by atoms with Gasteiger partial charge in [-0.2, -0.15) is 0 Å². The van der Waals surface area contributed by atoms with Crippen LogP contribution in [0.3, 0.4) is 0 Å². The number of rotatable bonds is 14. The molecule has 1 aromatic rings. The summed E-state index contributed by atoms with van der Waals surface area (Å²) in [6, 6.07) is -2.84. The summed E-state index contributed by atoms with van der Waals surface area (Å²) in [6.07, 6.45) is 8.67. The van der Waals surface area contributed by atoms with Gasteiger partial charge in [-0.1, -0.05) is 47.5 Å². The largest absolute Gasteiger partial charge is 0.347 e. The zero-order chi connectivity index (χ0) is 31.7. The maximum Gasteiger partial charge on any atom is 0.289 e. The SMILES string of the molecule is CCC[C@H]1CCN(C(=O)[C@@H](NC(=O)CNC(=O)c2cnccn2)C(C)(C)C)[C@@H]1C(=O)N[C@@H](CCC)C(=O)C(=O)NC1CC1. The van der Waals surface area contributed by atoms with E-state index < -0.39 is 58.9 Å². The fourth-order valence-electron chi connectivity index (χ4n) is 5.28. The third-order valence-electron chi connectivity index (χ3n) is 7.70. The quantitative estimate of drug-likeness (QED) is 0.228. The van der Waals surface area contributed by atoms with Gasteiger partial charge in [-0.25, -0.2) is 4.98 Å². The highest BCUT2D eigenvalue weighted by Gasteiger charge is 2.46. The van der Waals surface area contributed by atoms with Crippen molar-refractivity contribution in [3.05, 3.63) is 24.3 Å². The molecular formula is C30H45N7O6. The van der Waals surface area contributed by atoms with Crippen molar-refractivity contribution < 1.29 is 28.8 Å². The van der Waals surface area contributed by atoms with Crippen LogP contribution in [0.4, 0.5) is 0 Å². The second kappa shape index (κ2) is 15.0. The average Bonchev–Trinajstić information content (AvgIpc) is 3.69. The Morgan fingerprint density at radius 3 is 2.30 bits per heavy atom. The number of nitrogens with one attached hydrogen (secondary N) is 4. The topological polar surface area (TPSA) is 180 Å². The summed E-state index contributed by atoms with van der Waals surface area (Å²) >= 11 is 0. The number of hydrogen-bond acceptors (Lipinski definition) is 8. The molecule has 2 aliphatic rings. The molecule has 1 aliphatic heterocycles. The molecule has 1 saturated carbocycles. The van der Waals surface area contributed by atoms with E-state index in [1.165, 1.54) is 23.5 Å². The van der Waals surface area contributed by atoms with E-state index in [9.17, 15) is 28.8 Å². The molecule has 1 saturated heterocycles. The van der Waals surface area contributed by atoms with Gasteiger partial charge in [0.1, 0.15) is 17.8 Å². The molecule has 5 amide bonds. The third kappa shape index (κ3) is 9.29. The second-order valence-corrected chi connectivity index (χ2v) is 12.4. The molecule has 13 nitrogen and oxygen atoms in total. The Bertz CT molecular complexity index is 1180. The van der Waals surface area contributed by atoms with Gasteiger partial charge in [0.15, 0.2) is 0 Å². The molecule has 0 aromatic carbocycles. The predicted octanol–water partition coefficient (Wildman–Crippen LogP) is 0.887. The van der Waals surface area contributed by atoms with E-state index in [1.54, 1.807) is 20.8 Å². The van der Waals surface area contributed by atoms with Crippen LogP contribution in [0, 0.1) is 11.3 Å². The van der Waals surface area contributed by atoms with E-state index in [2.05, 4.69) is 31.2 Å². The first kappa shape index (κ1) is 33.6. The van der Waals surface area contributed by atoms with Crippen LogP contribution >= 0.6 is 0 Å². The number of likely N-dealkylation sites (tertiary alicyclic amines) is 1. The van der Waals surface area contributed by atoms with Crippen molar-refractivity contribution in [3.63, 3.8) is 0 Å². The molecular weight excluding hydrogens is 554 g/mol. The van der Waals surface area contributed by atoms with Crippen LogP contribution in [-0.4, -0.2) is 87.4 Å². The Labute approximate surface area is 252 Å². The van der Waals surface area contributed by atoms with E-state index in [1.807, 2.05) is 13.8 Å². The Hall–Kier alpha value is -3.90. The van der Waals surface area contributed by atoms with Crippen LogP contribution in [0.1, 0.15) is 90.1 Å². The molecule has 4 N–H and O–H groups in total. The van der Waals surface area contributed by atoms with Crippen LogP contribution in [0.2, 0.25) is 0 Å². The predicted molar refractivity (Wildman–Crippen MR) is 157 cm³/mol. The van der Waals surface area contributed by atoms with Gasteiger partial charge in [-0.05, 0) is 43.4 Å². The molecule has 236 valence electrons. The summed E-state index contributed by atoms with van der Waals surface area (Å²) in [7, 11) is 0. The van der Waals surface area contributed by atoms with Gasteiger partial charge in [0.25, 0.3) is 11.8 Å². The zero-order valence-electron chi connectivity index (χ0n) is 25.8. The Kier molecular flexibility index (Phi) is 11.7. The molecule has 0 bridgehead atoms. The van der Waals surface area contributed by atoms with E-state index in [-0.39, 0.29) is 24.2 Å². The highest BCUT2D eigenvalue weighted by atomic mass is 16.2. The Morgan fingerprint density at radius 2 is 1.72 bits per heavy atom. The minimum Gasteiger partial charge on any atom is -0.347 e. The molecule has 43 heavy (non-hydrogen) atoms. The standard InChI is InChI=1S/C30H45N7O6/c1-6-8-18-12-15-37(23(18)27(41)35-20(9-7-2)24(39)28(42)34-19-10-11-19)29(43)25(30(3,4)5)36-22(38)17-33-26(40)21-16-31-13-14-32-21/h13-14,16,18-20,23,25H,6-12,15,17H2,1-5H3,(H,33,40)(H,34,42)(H,35,41)(H,36,38)/t18-,20-,23-,25+/m0/s1. The van der Waals surface area contributed by atoms with E-state index in [0.29, 0.717) is 32.2 Å². The van der Waals surface area contributed by atoms with Crippen LogP contribution in [0.25, 0.3) is 0 Å². The lowest BCUT2D eigenvalue weighted by molar-refractivity contribution is -0.145. The fraction of sp³-hybridized carbons (Fsp3) is 0.667. The van der Waals surface area contributed by atoms with Gasteiger partial charge in [-0.15, -0.1) is 0 Å². The van der Waals surface area contributed by atoms with Gasteiger partial charge in [-0.3, -0.25) is 33.8 Å². The Balaban J connectivity index is 1.74. The first-order chi connectivity index (χ1) is 20.4. The first-order valence-electron chi connectivity index (χ1n) is 15.2. The Morgan fingerprint density at radius 1 is 1.00 bits per heavy atom. The molecule has 0 spiro atoms. The van der Waals surface area contributed by atoms with Gasteiger partial charge in [0.2, 0.25) is 23.5 Å². The maximum atomic E-state index is 14.0. The monoisotopic (exact) mass is 599 g/mol. The number of Topliss-reactive ketones (excluding diaryl/α,β-unsaturated/α-hetero) is 1. The summed E-state index contributed by atoms with van der Waals surface area (Å²) in [5.41, 5.74) is -0.677. The number of amides is 5. The summed E-state index contributed by atoms with van der Waals surface area (Å²) in [5.74, 6) is -3.60. The lowest BCUT2D eigenvalue weighted by Gasteiger charge is -2.36. The number of nitrogens with zero attached hydrogens (tertiary/aromatic N) is 3. The summed E-state index contributed by atoms with van der Waals surface area (Å²) in [6.45, 7) is 9.19. The van der Waals surface area contributed by atoms with Crippen molar-refractivity contribution in [2.75, 3.05) is 13.1 Å². The van der Waals surface area contributed by atoms with Crippen molar-refractivity contribution in [1.82, 2.24) is 36.1 Å². The van der Waals surface area contributed by atoms with Crippen molar-refractivity contribution >= 4 is 35.3 Å². The number of carbonyl (C=O) groups is 6. The molecule has 4 atom stereocenters. The van der Waals surface area contributed by atoms with E-state index >= 15 is 0 Å². The van der Waals surface area contributed by atoms with Gasteiger partial charge in [0.05, 0.1) is 18.8 Å². The van der Waals surface area contributed by atoms with Gasteiger partial charge >= 0.3 is 0 Å². The normalized spacial score (nSPS) is 19.6. The highest BCUT2D eigenvalue weighted by Crippen LogP contribution is 2.32. The molecule has 2 fully saturated rings. The number of aromatic nitrogens is 2. The fourth-order valence-corrected chi connectivity index (χ4v) is 5.28. The molecule has 0 radical (unpaired) electrons. The zero-order valence-corrected chi connectivity index (χ0v) is 25.8.